The third-order valence-corrected chi connectivity index (χ3v) is 3.43. The van der Waals surface area contributed by atoms with Crippen molar-refractivity contribution in [2.45, 2.75) is 64.0 Å². The van der Waals surface area contributed by atoms with Crippen molar-refractivity contribution in [2.75, 3.05) is 0 Å². The second-order valence-corrected chi connectivity index (χ2v) is 4.63. The van der Waals surface area contributed by atoms with Crippen molar-refractivity contribution in [1.82, 2.24) is 5.32 Å². The van der Waals surface area contributed by atoms with Crippen LogP contribution in [0.15, 0.2) is 0 Å². The standard InChI is InChI=1S/C11H21N/c1-9(12-11-7-8-11)10-5-3-2-4-6-10/h9-12H,2-8H2,1H3/t9-/m0/s1. The summed E-state index contributed by atoms with van der Waals surface area (Å²) in [5, 5.41) is 3.72. The molecule has 0 unspecified atom stereocenters. The zero-order valence-corrected chi connectivity index (χ0v) is 8.18. The van der Waals surface area contributed by atoms with Gasteiger partial charge in [0, 0.05) is 12.1 Å². The summed E-state index contributed by atoms with van der Waals surface area (Å²) >= 11 is 0. The Morgan fingerprint density at radius 2 is 1.67 bits per heavy atom. The van der Waals surface area contributed by atoms with E-state index in [-0.39, 0.29) is 0 Å². The molecular weight excluding hydrogens is 146 g/mol. The Morgan fingerprint density at radius 1 is 1.00 bits per heavy atom. The first-order valence-electron chi connectivity index (χ1n) is 5.62. The Kier molecular flexibility index (Phi) is 2.69. The van der Waals surface area contributed by atoms with E-state index in [1.165, 1.54) is 44.9 Å². The van der Waals surface area contributed by atoms with Crippen molar-refractivity contribution in [3.63, 3.8) is 0 Å². The predicted octanol–water partition coefficient (Wildman–Crippen LogP) is 2.71. The molecule has 0 heterocycles. The molecule has 0 aliphatic heterocycles. The van der Waals surface area contributed by atoms with Crippen LogP contribution in [0.5, 0.6) is 0 Å². The molecule has 2 aliphatic rings. The van der Waals surface area contributed by atoms with E-state index in [1.54, 1.807) is 0 Å². The summed E-state index contributed by atoms with van der Waals surface area (Å²) in [6.07, 6.45) is 10.2. The first kappa shape index (κ1) is 8.55. The highest BCUT2D eigenvalue weighted by molar-refractivity contribution is 4.86. The summed E-state index contributed by atoms with van der Waals surface area (Å²) in [4.78, 5) is 0. The summed E-state index contributed by atoms with van der Waals surface area (Å²) < 4.78 is 0. The Labute approximate surface area is 75.9 Å². The van der Waals surface area contributed by atoms with Gasteiger partial charge in [-0.3, -0.25) is 0 Å². The summed E-state index contributed by atoms with van der Waals surface area (Å²) in [6, 6.07) is 1.68. The van der Waals surface area contributed by atoms with E-state index < -0.39 is 0 Å². The summed E-state index contributed by atoms with van der Waals surface area (Å²) in [6.45, 7) is 2.38. The first-order chi connectivity index (χ1) is 5.86. The lowest BCUT2D eigenvalue weighted by atomic mass is 9.84. The van der Waals surface area contributed by atoms with Gasteiger partial charge in [-0.05, 0) is 38.5 Å². The maximum atomic E-state index is 3.72. The number of rotatable bonds is 3. The Bertz CT molecular complexity index is 134. The topological polar surface area (TPSA) is 12.0 Å². The third-order valence-electron chi connectivity index (χ3n) is 3.43. The average Bonchev–Trinajstić information content (AvgIpc) is 2.90. The van der Waals surface area contributed by atoms with Gasteiger partial charge in [0.15, 0.2) is 0 Å². The van der Waals surface area contributed by atoms with Crippen LogP contribution in [-0.2, 0) is 0 Å². The van der Waals surface area contributed by atoms with E-state index in [1.807, 2.05) is 0 Å². The summed E-state index contributed by atoms with van der Waals surface area (Å²) in [5.41, 5.74) is 0. The molecule has 0 saturated heterocycles. The highest BCUT2D eigenvalue weighted by atomic mass is 15.0. The molecule has 0 aromatic heterocycles. The zero-order chi connectivity index (χ0) is 8.39. The van der Waals surface area contributed by atoms with E-state index in [0.29, 0.717) is 0 Å². The highest BCUT2D eigenvalue weighted by Crippen LogP contribution is 2.28. The molecule has 0 radical (unpaired) electrons. The molecule has 1 heteroatoms. The fraction of sp³-hybridized carbons (Fsp3) is 1.00. The molecule has 2 rings (SSSR count). The van der Waals surface area contributed by atoms with E-state index >= 15 is 0 Å². The number of hydrogen-bond acceptors (Lipinski definition) is 1. The van der Waals surface area contributed by atoms with Gasteiger partial charge in [0.25, 0.3) is 0 Å². The Morgan fingerprint density at radius 3 is 2.25 bits per heavy atom. The van der Waals surface area contributed by atoms with Gasteiger partial charge in [-0.1, -0.05) is 19.3 Å². The molecule has 1 N–H and O–H groups in total. The van der Waals surface area contributed by atoms with Crippen molar-refractivity contribution in [2.24, 2.45) is 5.92 Å². The second-order valence-electron chi connectivity index (χ2n) is 4.63. The molecule has 2 aliphatic carbocycles. The van der Waals surface area contributed by atoms with Crippen LogP contribution >= 0.6 is 0 Å². The molecule has 0 amide bonds. The van der Waals surface area contributed by atoms with E-state index in [4.69, 9.17) is 0 Å². The predicted molar refractivity (Wildman–Crippen MR) is 52.2 cm³/mol. The minimum absolute atomic E-state index is 0.790. The average molecular weight is 167 g/mol. The fourth-order valence-corrected chi connectivity index (χ4v) is 2.39. The van der Waals surface area contributed by atoms with Gasteiger partial charge in [-0.25, -0.2) is 0 Å². The van der Waals surface area contributed by atoms with Gasteiger partial charge < -0.3 is 5.32 Å². The van der Waals surface area contributed by atoms with Crippen LogP contribution < -0.4 is 5.32 Å². The number of hydrogen-bond donors (Lipinski definition) is 1. The van der Waals surface area contributed by atoms with Crippen molar-refractivity contribution < 1.29 is 0 Å². The quantitative estimate of drug-likeness (QED) is 0.681. The first-order valence-corrected chi connectivity index (χ1v) is 5.62. The van der Waals surface area contributed by atoms with Crippen LogP contribution in [0.3, 0.4) is 0 Å². The molecule has 0 bridgehead atoms. The van der Waals surface area contributed by atoms with Gasteiger partial charge >= 0.3 is 0 Å². The lowest BCUT2D eigenvalue weighted by Gasteiger charge is -2.28. The summed E-state index contributed by atoms with van der Waals surface area (Å²) in [7, 11) is 0. The molecule has 0 aromatic carbocycles. The van der Waals surface area contributed by atoms with Gasteiger partial charge in [-0.15, -0.1) is 0 Å². The van der Waals surface area contributed by atoms with Crippen molar-refractivity contribution in [1.29, 1.82) is 0 Å². The van der Waals surface area contributed by atoms with Crippen molar-refractivity contribution >= 4 is 0 Å². The largest absolute Gasteiger partial charge is 0.311 e. The second kappa shape index (κ2) is 3.78. The molecule has 0 aromatic rings. The molecule has 12 heavy (non-hydrogen) atoms. The van der Waals surface area contributed by atoms with Gasteiger partial charge in [0.05, 0.1) is 0 Å². The molecule has 2 fully saturated rings. The lowest BCUT2D eigenvalue weighted by molar-refractivity contribution is 0.280. The molecule has 2 saturated carbocycles. The maximum Gasteiger partial charge on any atom is 0.00708 e. The monoisotopic (exact) mass is 167 g/mol. The number of nitrogens with one attached hydrogen (secondary N) is 1. The molecule has 70 valence electrons. The van der Waals surface area contributed by atoms with Crippen LogP contribution in [0, 0.1) is 5.92 Å². The van der Waals surface area contributed by atoms with Crippen LogP contribution in [0.1, 0.15) is 51.9 Å². The van der Waals surface area contributed by atoms with E-state index in [0.717, 1.165) is 18.0 Å². The summed E-state index contributed by atoms with van der Waals surface area (Å²) in [5.74, 6) is 0.986. The fourth-order valence-electron chi connectivity index (χ4n) is 2.39. The van der Waals surface area contributed by atoms with Crippen LogP contribution in [0.25, 0.3) is 0 Å². The van der Waals surface area contributed by atoms with Gasteiger partial charge in [0.2, 0.25) is 0 Å². The van der Waals surface area contributed by atoms with Crippen molar-refractivity contribution in [3.05, 3.63) is 0 Å². The maximum absolute atomic E-state index is 3.72. The smallest absolute Gasteiger partial charge is 0.00708 e. The van der Waals surface area contributed by atoms with Crippen molar-refractivity contribution in [3.8, 4) is 0 Å². The van der Waals surface area contributed by atoms with Gasteiger partial charge in [-0.2, -0.15) is 0 Å². The Balaban J connectivity index is 1.72. The SMILES string of the molecule is C[C@H](NC1CC1)C1CCCCC1. The minimum Gasteiger partial charge on any atom is -0.311 e. The normalized spacial score (nSPS) is 28.8. The van der Waals surface area contributed by atoms with E-state index in [2.05, 4.69) is 12.2 Å². The molecule has 1 atom stereocenters. The highest BCUT2D eigenvalue weighted by Gasteiger charge is 2.27. The van der Waals surface area contributed by atoms with E-state index in [9.17, 15) is 0 Å². The van der Waals surface area contributed by atoms with Crippen LogP contribution in [-0.4, -0.2) is 12.1 Å². The zero-order valence-electron chi connectivity index (χ0n) is 8.18. The third kappa shape index (κ3) is 2.22. The lowest BCUT2D eigenvalue weighted by Crippen LogP contribution is -2.35. The molecule has 1 nitrogen and oxygen atoms in total. The molecular formula is C11H21N. The van der Waals surface area contributed by atoms with Gasteiger partial charge in [0.1, 0.15) is 0 Å². The molecule has 0 spiro atoms. The Hall–Kier alpha value is -0.0400. The van der Waals surface area contributed by atoms with Crippen LogP contribution in [0.4, 0.5) is 0 Å². The van der Waals surface area contributed by atoms with Crippen LogP contribution in [0.2, 0.25) is 0 Å². The minimum atomic E-state index is 0.790.